The van der Waals surface area contributed by atoms with Crippen LogP contribution in [0.5, 0.6) is 0 Å². The van der Waals surface area contributed by atoms with E-state index in [-0.39, 0.29) is 0 Å². The van der Waals surface area contributed by atoms with Crippen molar-refractivity contribution in [1.82, 2.24) is 5.32 Å². The van der Waals surface area contributed by atoms with E-state index in [1.807, 2.05) is 0 Å². The Hall–Kier alpha value is -0.300. The van der Waals surface area contributed by atoms with Crippen molar-refractivity contribution in [1.29, 1.82) is 0 Å². The fourth-order valence-corrected chi connectivity index (χ4v) is 1.60. The van der Waals surface area contributed by atoms with E-state index in [9.17, 15) is 0 Å². The van der Waals surface area contributed by atoms with Gasteiger partial charge in [-0.2, -0.15) is 0 Å². The Morgan fingerprint density at radius 3 is 2.55 bits per heavy atom. The highest BCUT2D eigenvalue weighted by Crippen LogP contribution is 2.22. The molecule has 0 bridgehead atoms. The monoisotopic (exact) mass is 153 g/mol. The highest BCUT2D eigenvalue weighted by Gasteiger charge is 2.23. The largest absolute Gasteiger partial charge is 0.310 e. The van der Waals surface area contributed by atoms with E-state index in [1.165, 1.54) is 12.0 Å². The first-order valence-corrected chi connectivity index (χ1v) is 4.53. The Labute approximate surface area is 69.9 Å². The zero-order chi connectivity index (χ0) is 8.43. The van der Waals surface area contributed by atoms with E-state index in [0.717, 1.165) is 12.5 Å². The van der Waals surface area contributed by atoms with E-state index < -0.39 is 0 Å². The Balaban J connectivity index is 2.43. The fraction of sp³-hybridized carbons (Fsp3) is 0.800. The lowest BCUT2D eigenvalue weighted by Gasteiger charge is -2.16. The molecule has 1 nitrogen and oxygen atoms in total. The van der Waals surface area contributed by atoms with Crippen molar-refractivity contribution in [2.45, 2.75) is 33.2 Å². The molecule has 1 rings (SSSR count). The lowest BCUT2D eigenvalue weighted by molar-refractivity contribution is 0.585. The van der Waals surface area contributed by atoms with Crippen LogP contribution in [-0.4, -0.2) is 12.6 Å². The van der Waals surface area contributed by atoms with Crippen molar-refractivity contribution in [3.63, 3.8) is 0 Å². The van der Waals surface area contributed by atoms with Crippen molar-refractivity contribution in [2.24, 2.45) is 11.8 Å². The first kappa shape index (κ1) is 8.79. The maximum Gasteiger partial charge on any atom is 0.0282 e. The Morgan fingerprint density at radius 2 is 2.18 bits per heavy atom. The third-order valence-corrected chi connectivity index (χ3v) is 2.54. The zero-order valence-electron chi connectivity index (χ0n) is 7.85. The third-order valence-electron chi connectivity index (χ3n) is 2.54. The van der Waals surface area contributed by atoms with Crippen LogP contribution in [0.3, 0.4) is 0 Å². The van der Waals surface area contributed by atoms with Gasteiger partial charge in [0.1, 0.15) is 0 Å². The molecule has 1 aliphatic rings. The minimum atomic E-state index is 0.588. The van der Waals surface area contributed by atoms with Gasteiger partial charge in [-0.05, 0) is 24.8 Å². The van der Waals surface area contributed by atoms with Gasteiger partial charge in [0, 0.05) is 6.04 Å². The molecule has 1 heteroatoms. The second kappa shape index (κ2) is 3.40. The van der Waals surface area contributed by atoms with Crippen LogP contribution in [0.25, 0.3) is 0 Å². The highest BCUT2D eigenvalue weighted by atomic mass is 14.9. The van der Waals surface area contributed by atoms with Gasteiger partial charge in [0.2, 0.25) is 0 Å². The second-order valence-corrected chi connectivity index (χ2v) is 4.03. The Bertz CT molecular complexity index is 149. The summed E-state index contributed by atoms with van der Waals surface area (Å²) in [5, 5.41) is 3.49. The fourth-order valence-electron chi connectivity index (χ4n) is 1.60. The van der Waals surface area contributed by atoms with Crippen molar-refractivity contribution in [2.75, 3.05) is 6.54 Å². The van der Waals surface area contributed by atoms with Gasteiger partial charge < -0.3 is 5.32 Å². The summed E-state index contributed by atoms with van der Waals surface area (Å²) in [5.41, 5.74) is 1.37. The molecule has 1 fully saturated rings. The summed E-state index contributed by atoms with van der Waals surface area (Å²) in [6.07, 6.45) is 1.27. The molecule has 0 spiro atoms. The minimum Gasteiger partial charge on any atom is -0.310 e. The predicted molar refractivity (Wildman–Crippen MR) is 49.5 cm³/mol. The van der Waals surface area contributed by atoms with E-state index in [4.69, 9.17) is 0 Å². The van der Waals surface area contributed by atoms with Gasteiger partial charge in [0.15, 0.2) is 0 Å². The molecular weight excluding hydrogens is 134 g/mol. The molecule has 11 heavy (non-hydrogen) atoms. The van der Waals surface area contributed by atoms with E-state index >= 15 is 0 Å². The average Bonchev–Trinajstić information content (AvgIpc) is 2.34. The SMILES string of the molecule is C=C(C(C)C)[C@@H]1C[C@H](C)CN1. The second-order valence-electron chi connectivity index (χ2n) is 4.03. The number of hydrogen-bond acceptors (Lipinski definition) is 1. The van der Waals surface area contributed by atoms with Crippen LogP contribution in [0.1, 0.15) is 27.2 Å². The van der Waals surface area contributed by atoms with Crippen molar-refractivity contribution < 1.29 is 0 Å². The smallest absolute Gasteiger partial charge is 0.0282 e. The summed E-state index contributed by atoms with van der Waals surface area (Å²) in [5.74, 6) is 1.45. The van der Waals surface area contributed by atoms with Crippen LogP contribution in [0, 0.1) is 11.8 Å². The van der Waals surface area contributed by atoms with Crippen LogP contribution in [0.4, 0.5) is 0 Å². The predicted octanol–water partition coefficient (Wildman–Crippen LogP) is 2.20. The average molecular weight is 153 g/mol. The molecule has 0 aromatic carbocycles. The summed E-state index contributed by atoms with van der Waals surface area (Å²) in [4.78, 5) is 0. The highest BCUT2D eigenvalue weighted by molar-refractivity contribution is 5.10. The molecule has 1 aliphatic heterocycles. The summed E-state index contributed by atoms with van der Waals surface area (Å²) in [7, 11) is 0. The van der Waals surface area contributed by atoms with E-state index in [0.29, 0.717) is 12.0 Å². The normalized spacial score (nSPS) is 31.3. The quantitative estimate of drug-likeness (QED) is 0.600. The van der Waals surface area contributed by atoms with E-state index in [2.05, 4.69) is 32.7 Å². The molecule has 0 unspecified atom stereocenters. The summed E-state index contributed by atoms with van der Waals surface area (Å²) >= 11 is 0. The first-order chi connectivity index (χ1) is 5.11. The van der Waals surface area contributed by atoms with Crippen LogP contribution in [0.15, 0.2) is 12.2 Å². The number of hydrogen-bond donors (Lipinski definition) is 1. The molecule has 0 amide bonds. The van der Waals surface area contributed by atoms with Crippen molar-refractivity contribution in [3.05, 3.63) is 12.2 Å². The van der Waals surface area contributed by atoms with Gasteiger partial charge in [0.05, 0.1) is 0 Å². The molecule has 1 N–H and O–H groups in total. The Kier molecular flexibility index (Phi) is 2.72. The molecule has 0 saturated carbocycles. The van der Waals surface area contributed by atoms with Crippen LogP contribution >= 0.6 is 0 Å². The molecule has 0 radical (unpaired) electrons. The number of nitrogens with one attached hydrogen (secondary N) is 1. The third kappa shape index (κ3) is 2.06. The molecule has 1 heterocycles. The summed E-state index contributed by atoms with van der Waals surface area (Å²) < 4.78 is 0. The van der Waals surface area contributed by atoms with Gasteiger partial charge in [-0.25, -0.2) is 0 Å². The van der Waals surface area contributed by atoms with Crippen molar-refractivity contribution in [3.8, 4) is 0 Å². The Morgan fingerprint density at radius 1 is 1.55 bits per heavy atom. The van der Waals surface area contributed by atoms with Gasteiger partial charge in [-0.3, -0.25) is 0 Å². The molecule has 0 aromatic rings. The van der Waals surface area contributed by atoms with Gasteiger partial charge >= 0.3 is 0 Å². The van der Waals surface area contributed by atoms with E-state index in [1.54, 1.807) is 0 Å². The topological polar surface area (TPSA) is 12.0 Å². The molecule has 0 aliphatic carbocycles. The standard InChI is InChI=1S/C10H19N/c1-7(2)9(4)10-5-8(3)6-11-10/h7-8,10-11H,4-6H2,1-3H3/t8-,10-/m0/s1. The summed E-state index contributed by atoms with van der Waals surface area (Å²) in [6.45, 7) is 12.0. The summed E-state index contributed by atoms with van der Waals surface area (Å²) in [6, 6.07) is 0.588. The number of rotatable bonds is 2. The van der Waals surface area contributed by atoms with Crippen molar-refractivity contribution >= 4 is 0 Å². The van der Waals surface area contributed by atoms with Crippen LogP contribution in [0.2, 0.25) is 0 Å². The van der Waals surface area contributed by atoms with Crippen LogP contribution in [-0.2, 0) is 0 Å². The maximum absolute atomic E-state index is 4.11. The maximum atomic E-state index is 4.11. The molecule has 1 saturated heterocycles. The van der Waals surface area contributed by atoms with Gasteiger partial charge in [-0.15, -0.1) is 0 Å². The lowest BCUT2D eigenvalue weighted by atomic mass is 9.94. The lowest BCUT2D eigenvalue weighted by Crippen LogP contribution is -2.25. The minimum absolute atomic E-state index is 0.588. The molecule has 64 valence electrons. The van der Waals surface area contributed by atoms with Crippen LogP contribution < -0.4 is 5.32 Å². The molecule has 0 aromatic heterocycles. The zero-order valence-corrected chi connectivity index (χ0v) is 7.85. The molecule has 2 atom stereocenters. The van der Waals surface area contributed by atoms with Gasteiger partial charge in [0.25, 0.3) is 0 Å². The van der Waals surface area contributed by atoms with Gasteiger partial charge in [-0.1, -0.05) is 32.9 Å². The first-order valence-electron chi connectivity index (χ1n) is 4.53. The molecular formula is C10H19N.